The summed E-state index contributed by atoms with van der Waals surface area (Å²) in [5, 5.41) is 9.45. The van der Waals surface area contributed by atoms with Crippen LogP contribution >= 0.6 is 0 Å². The summed E-state index contributed by atoms with van der Waals surface area (Å²) in [7, 11) is 0. The van der Waals surface area contributed by atoms with Gasteiger partial charge in [0, 0.05) is 36.5 Å². The molecule has 0 saturated carbocycles. The molecule has 32 heavy (non-hydrogen) atoms. The van der Waals surface area contributed by atoms with Crippen molar-refractivity contribution in [1.29, 1.82) is 0 Å². The van der Waals surface area contributed by atoms with Crippen LogP contribution in [0.1, 0.15) is 44.1 Å². The highest BCUT2D eigenvalue weighted by Crippen LogP contribution is 2.34. The minimum Gasteiger partial charge on any atom is -0.339 e. The number of amides is 1. The van der Waals surface area contributed by atoms with Crippen molar-refractivity contribution in [3.63, 3.8) is 0 Å². The van der Waals surface area contributed by atoms with E-state index in [0.717, 1.165) is 22.3 Å². The summed E-state index contributed by atoms with van der Waals surface area (Å²) >= 11 is 0. The first-order valence-corrected chi connectivity index (χ1v) is 10.9. The van der Waals surface area contributed by atoms with E-state index in [9.17, 15) is 9.59 Å². The number of hydrogen-bond donors (Lipinski definition) is 0. The molecule has 0 atom stereocenters. The standard InChI is InChI=1S/C25H27N5O2/c1-5-28(6-2)25(32)19-14-15-29-21(16-19)23(24(27-29)18-10-8-7-9-11-18)20-12-13-22(31)30(26-20)17(3)4/h7-17H,5-6H2,1-4H3. The van der Waals surface area contributed by atoms with E-state index >= 15 is 0 Å². The molecule has 0 spiro atoms. The first kappa shape index (κ1) is 21.5. The van der Waals surface area contributed by atoms with E-state index in [0.29, 0.717) is 24.3 Å². The normalized spacial score (nSPS) is 11.3. The fourth-order valence-corrected chi connectivity index (χ4v) is 3.85. The van der Waals surface area contributed by atoms with Crippen molar-refractivity contribution in [2.24, 2.45) is 0 Å². The van der Waals surface area contributed by atoms with Gasteiger partial charge >= 0.3 is 0 Å². The summed E-state index contributed by atoms with van der Waals surface area (Å²) in [6, 6.07) is 16.7. The topological polar surface area (TPSA) is 72.5 Å². The Morgan fingerprint density at radius 3 is 2.38 bits per heavy atom. The number of pyridine rings is 1. The largest absolute Gasteiger partial charge is 0.339 e. The highest BCUT2D eigenvalue weighted by Gasteiger charge is 2.21. The van der Waals surface area contributed by atoms with Crippen LogP contribution < -0.4 is 5.56 Å². The second-order valence-corrected chi connectivity index (χ2v) is 7.91. The van der Waals surface area contributed by atoms with Gasteiger partial charge in [0.2, 0.25) is 0 Å². The van der Waals surface area contributed by atoms with E-state index in [-0.39, 0.29) is 17.5 Å². The SMILES string of the molecule is CCN(CC)C(=O)c1ccn2nc(-c3ccccc3)c(-c3ccc(=O)n(C(C)C)n3)c2c1. The molecule has 0 fully saturated rings. The highest BCUT2D eigenvalue weighted by atomic mass is 16.2. The fraction of sp³-hybridized carbons (Fsp3) is 0.280. The molecule has 1 amide bonds. The lowest BCUT2D eigenvalue weighted by Gasteiger charge is -2.18. The van der Waals surface area contributed by atoms with Crippen molar-refractivity contribution in [2.75, 3.05) is 13.1 Å². The first-order chi connectivity index (χ1) is 15.4. The maximum absolute atomic E-state index is 13.0. The summed E-state index contributed by atoms with van der Waals surface area (Å²) in [6.07, 6.45) is 1.81. The van der Waals surface area contributed by atoms with Gasteiger partial charge in [-0.05, 0) is 45.9 Å². The number of fused-ring (bicyclic) bond motifs is 1. The Hall–Kier alpha value is -3.74. The highest BCUT2D eigenvalue weighted by molar-refractivity contribution is 5.98. The van der Waals surface area contributed by atoms with Crippen LogP contribution in [0.25, 0.3) is 28.0 Å². The first-order valence-electron chi connectivity index (χ1n) is 10.9. The molecular formula is C25H27N5O2. The van der Waals surface area contributed by atoms with Gasteiger partial charge in [0.25, 0.3) is 11.5 Å². The van der Waals surface area contributed by atoms with E-state index in [2.05, 4.69) is 5.10 Å². The third kappa shape index (κ3) is 3.82. The number of rotatable bonds is 6. The second-order valence-electron chi connectivity index (χ2n) is 7.91. The minimum atomic E-state index is -0.154. The molecule has 4 aromatic rings. The Morgan fingerprint density at radius 2 is 1.72 bits per heavy atom. The van der Waals surface area contributed by atoms with Gasteiger partial charge < -0.3 is 4.90 Å². The van der Waals surface area contributed by atoms with Crippen molar-refractivity contribution in [3.8, 4) is 22.5 Å². The van der Waals surface area contributed by atoms with Gasteiger partial charge in [0.1, 0.15) is 5.69 Å². The number of aromatic nitrogens is 4. The smallest absolute Gasteiger partial charge is 0.267 e. The number of benzene rings is 1. The molecule has 0 aliphatic rings. The molecule has 4 rings (SSSR count). The maximum Gasteiger partial charge on any atom is 0.267 e. The molecule has 0 aliphatic heterocycles. The summed E-state index contributed by atoms with van der Waals surface area (Å²) in [5.74, 6) is -0.0222. The molecule has 3 heterocycles. The second kappa shape index (κ2) is 8.78. The Labute approximate surface area is 186 Å². The summed E-state index contributed by atoms with van der Waals surface area (Å²) in [6.45, 7) is 9.07. The van der Waals surface area contributed by atoms with Crippen molar-refractivity contribution in [2.45, 2.75) is 33.7 Å². The third-order valence-electron chi connectivity index (χ3n) is 5.55. The molecule has 0 aliphatic carbocycles. The molecule has 1 aromatic carbocycles. The maximum atomic E-state index is 13.0. The van der Waals surface area contributed by atoms with Crippen molar-refractivity contribution >= 4 is 11.4 Å². The monoisotopic (exact) mass is 429 g/mol. The zero-order valence-corrected chi connectivity index (χ0v) is 18.8. The van der Waals surface area contributed by atoms with Gasteiger partial charge in [-0.1, -0.05) is 30.3 Å². The van der Waals surface area contributed by atoms with Gasteiger partial charge in [0.05, 0.1) is 22.8 Å². The Bertz CT molecular complexity index is 1320. The van der Waals surface area contributed by atoms with Gasteiger partial charge in [-0.3, -0.25) is 9.59 Å². The minimum absolute atomic E-state index is 0.0222. The molecule has 7 nitrogen and oxygen atoms in total. The van der Waals surface area contributed by atoms with Crippen molar-refractivity contribution < 1.29 is 4.79 Å². The van der Waals surface area contributed by atoms with Crippen LogP contribution in [0.4, 0.5) is 0 Å². The summed E-state index contributed by atoms with van der Waals surface area (Å²) in [4.78, 5) is 27.1. The molecule has 0 radical (unpaired) electrons. The molecule has 0 unspecified atom stereocenters. The molecule has 164 valence electrons. The van der Waals surface area contributed by atoms with Gasteiger partial charge in [0.15, 0.2) is 0 Å². The lowest BCUT2D eigenvalue weighted by Crippen LogP contribution is -2.30. The predicted octanol–water partition coefficient (Wildman–Crippen LogP) is 4.29. The van der Waals surface area contributed by atoms with Crippen LogP contribution in [0.3, 0.4) is 0 Å². The average Bonchev–Trinajstić information content (AvgIpc) is 3.19. The number of carbonyl (C=O) groups is 1. The lowest BCUT2D eigenvalue weighted by atomic mass is 10.0. The van der Waals surface area contributed by atoms with E-state index in [1.54, 1.807) is 27.7 Å². The van der Waals surface area contributed by atoms with E-state index in [1.165, 1.54) is 10.7 Å². The number of carbonyl (C=O) groups excluding carboxylic acids is 1. The Balaban J connectivity index is 1.99. The van der Waals surface area contributed by atoms with E-state index < -0.39 is 0 Å². The molecule has 0 N–H and O–H groups in total. The van der Waals surface area contributed by atoms with Crippen LogP contribution in [0.15, 0.2) is 65.6 Å². The molecule has 7 heteroatoms. The average molecular weight is 430 g/mol. The van der Waals surface area contributed by atoms with E-state index in [1.807, 2.05) is 64.1 Å². The zero-order valence-electron chi connectivity index (χ0n) is 18.8. The van der Waals surface area contributed by atoms with Crippen LogP contribution in [0.2, 0.25) is 0 Å². The van der Waals surface area contributed by atoms with Crippen LogP contribution in [-0.2, 0) is 0 Å². The number of hydrogen-bond acceptors (Lipinski definition) is 4. The Kier molecular flexibility index (Phi) is 5.90. The van der Waals surface area contributed by atoms with Crippen LogP contribution in [0.5, 0.6) is 0 Å². The van der Waals surface area contributed by atoms with Gasteiger partial charge in [-0.2, -0.15) is 10.2 Å². The quantitative estimate of drug-likeness (QED) is 0.458. The van der Waals surface area contributed by atoms with Gasteiger partial charge in [-0.15, -0.1) is 0 Å². The van der Waals surface area contributed by atoms with E-state index in [4.69, 9.17) is 5.10 Å². The van der Waals surface area contributed by atoms with Crippen molar-refractivity contribution in [3.05, 3.63) is 76.7 Å². The lowest BCUT2D eigenvalue weighted by molar-refractivity contribution is 0.0773. The summed E-state index contributed by atoms with van der Waals surface area (Å²) < 4.78 is 3.24. The zero-order chi connectivity index (χ0) is 22.8. The Morgan fingerprint density at radius 1 is 1.00 bits per heavy atom. The third-order valence-corrected chi connectivity index (χ3v) is 5.55. The predicted molar refractivity (Wildman–Crippen MR) is 126 cm³/mol. The van der Waals surface area contributed by atoms with Crippen LogP contribution in [0, 0.1) is 0 Å². The summed E-state index contributed by atoms with van der Waals surface area (Å²) in [5.41, 5.74) is 4.33. The molecule has 0 bridgehead atoms. The van der Waals surface area contributed by atoms with Crippen LogP contribution in [-0.4, -0.2) is 43.3 Å². The van der Waals surface area contributed by atoms with Gasteiger partial charge in [-0.25, -0.2) is 9.20 Å². The molecule has 0 saturated heterocycles. The fourth-order valence-electron chi connectivity index (χ4n) is 3.85. The molecule has 3 aromatic heterocycles. The molecular weight excluding hydrogens is 402 g/mol. The van der Waals surface area contributed by atoms with Crippen molar-refractivity contribution in [1.82, 2.24) is 24.3 Å². The number of nitrogens with zero attached hydrogens (tertiary/aromatic N) is 5.